The van der Waals surface area contributed by atoms with Crippen molar-refractivity contribution in [1.82, 2.24) is 14.5 Å². The standard InChI is InChI=1S/C13H17N3OS/c1-17-8-6-11-15-10-4-2-7-14-13(10)16(11)12-5-3-9-18-12/h2,4,7,12H,3,5-6,8-9H2,1H3. The van der Waals surface area contributed by atoms with Crippen molar-refractivity contribution >= 4 is 22.9 Å². The lowest BCUT2D eigenvalue weighted by Gasteiger charge is -2.14. The minimum Gasteiger partial charge on any atom is -0.384 e. The molecule has 0 amide bonds. The Morgan fingerprint density at radius 3 is 3.28 bits per heavy atom. The van der Waals surface area contributed by atoms with Crippen LogP contribution in [0.1, 0.15) is 24.0 Å². The van der Waals surface area contributed by atoms with Crippen LogP contribution in [0.5, 0.6) is 0 Å². The van der Waals surface area contributed by atoms with Crippen molar-refractivity contribution in [3.63, 3.8) is 0 Å². The van der Waals surface area contributed by atoms with Gasteiger partial charge in [0.2, 0.25) is 0 Å². The van der Waals surface area contributed by atoms with Crippen LogP contribution in [0.15, 0.2) is 18.3 Å². The normalized spacial score (nSPS) is 19.7. The summed E-state index contributed by atoms with van der Waals surface area (Å²) in [6.45, 7) is 0.709. The SMILES string of the molecule is COCCc1nc2cccnc2n1C1CCCS1. The van der Waals surface area contributed by atoms with E-state index in [1.54, 1.807) is 7.11 Å². The molecule has 1 aliphatic heterocycles. The van der Waals surface area contributed by atoms with Gasteiger partial charge in [0, 0.05) is 19.7 Å². The van der Waals surface area contributed by atoms with Crippen molar-refractivity contribution in [2.75, 3.05) is 19.5 Å². The third-order valence-electron chi connectivity index (χ3n) is 3.25. The summed E-state index contributed by atoms with van der Waals surface area (Å²) in [7, 11) is 1.73. The Morgan fingerprint density at radius 1 is 1.56 bits per heavy atom. The molecule has 1 unspecified atom stereocenters. The monoisotopic (exact) mass is 263 g/mol. The molecule has 1 saturated heterocycles. The van der Waals surface area contributed by atoms with E-state index in [-0.39, 0.29) is 0 Å². The fourth-order valence-electron chi connectivity index (χ4n) is 2.41. The number of nitrogens with zero attached hydrogens (tertiary/aromatic N) is 3. The van der Waals surface area contributed by atoms with Gasteiger partial charge in [-0.05, 0) is 30.7 Å². The number of pyridine rings is 1. The van der Waals surface area contributed by atoms with Gasteiger partial charge in [0.1, 0.15) is 11.3 Å². The van der Waals surface area contributed by atoms with Crippen LogP contribution in [0.3, 0.4) is 0 Å². The first-order chi connectivity index (χ1) is 8.90. The number of imidazole rings is 1. The first-order valence-electron chi connectivity index (χ1n) is 6.32. The number of rotatable bonds is 4. The minimum atomic E-state index is 0.497. The van der Waals surface area contributed by atoms with E-state index in [2.05, 4.69) is 9.55 Å². The summed E-state index contributed by atoms with van der Waals surface area (Å²) >= 11 is 2.00. The average Bonchev–Trinajstić information content (AvgIpc) is 3.02. The van der Waals surface area contributed by atoms with Gasteiger partial charge in [-0.3, -0.25) is 4.57 Å². The molecule has 4 nitrogen and oxygen atoms in total. The molecule has 3 rings (SSSR count). The van der Waals surface area contributed by atoms with Crippen molar-refractivity contribution in [3.05, 3.63) is 24.2 Å². The van der Waals surface area contributed by atoms with E-state index in [4.69, 9.17) is 9.72 Å². The summed E-state index contributed by atoms with van der Waals surface area (Å²) in [4.78, 5) is 9.20. The van der Waals surface area contributed by atoms with Crippen LogP contribution in [-0.2, 0) is 11.2 Å². The number of thioether (sulfide) groups is 1. The summed E-state index contributed by atoms with van der Waals surface area (Å²) in [5.41, 5.74) is 2.01. The molecule has 0 radical (unpaired) electrons. The molecule has 18 heavy (non-hydrogen) atoms. The van der Waals surface area contributed by atoms with Crippen LogP contribution in [0.2, 0.25) is 0 Å². The fourth-order valence-corrected chi connectivity index (χ4v) is 3.72. The largest absolute Gasteiger partial charge is 0.384 e. The highest BCUT2D eigenvalue weighted by Gasteiger charge is 2.23. The molecule has 0 aromatic carbocycles. The van der Waals surface area contributed by atoms with Gasteiger partial charge in [-0.25, -0.2) is 9.97 Å². The Balaban J connectivity index is 2.05. The van der Waals surface area contributed by atoms with Gasteiger partial charge in [-0.1, -0.05) is 0 Å². The Labute approximate surface area is 111 Å². The summed E-state index contributed by atoms with van der Waals surface area (Å²) in [6.07, 6.45) is 5.20. The highest BCUT2D eigenvalue weighted by molar-refractivity contribution is 7.99. The molecule has 1 atom stereocenters. The third kappa shape index (κ3) is 2.12. The Morgan fingerprint density at radius 2 is 2.50 bits per heavy atom. The van der Waals surface area contributed by atoms with Crippen molar-refractivity contribution in [2.24, 2.45) is 0 Å². The molecule has 1 fully saturated rings. The Bertz CT molecular complexity index is 534. The van der Waals surface area contributed by atoms with Gasteiger partial charge in [-0.2, -0.15) is 0 Å². The molecule has 2 aromatic heterocycles. The number of hydrogen-bond acceptors (Lipinski definition) is 4. The Kier molecular flexibility index (Phi) is 3.52. The lowest BCUT2D eigenvalue weighted by molar-refractivity contribution is 0.199. The summed E-state index contributed by atoms with van der Waals surface area (Å²) in [5.74, 6) is 2.34. The van der Waals surface area contributed by atoms with Crippen molar-refractivity contribution in [2.45, 2.75) is 24.6 Å². The predicted molar refractivity (Wildman–Crippen MR) is 73.8 cm³/mol. The van der Waals surface area contributed by atoms with Crippen LogP contribution in [0, 0.1) is 0 Å². The molecule has 3 heterocycles. The number of fused-ring (bicyclic) bond motifs is 1. The first kappa shape index (κ1) is 12.0. The van der Waals surface area contributed by atoms with Crippen LogP contribution in [-0.4, -0.2) is 34.0 Å². The quantitative estimate of drug-likeness (QED) is 0.850. The lowest BCUT2D eigenvalue weighted by atomic mass is 10.3. The second-order valence-electron chi connectivity index (χ2n) is 4.45. The maximum Gasteiger partial charge on any atom is 0.160 e. The van der Waals surface area contributed by atoms with Crippen LogP contribution in [0.4, 0.5) is 0 Å². The fraction of sp³-hybridized carbons (Fsp3) is 0.538. The Hall–Kier alpha value is -1.07. The molecule has 2 aromatic rings. The maximum atomic E-state index is 5.18. The molecule has 96 valence electrons. The zero-order valence-corrected chi connectivity index (χ0v) is 11.3. The second kappa shape index (κ2) is 5.28. The van der Waals surface area contributed by atoms with E-state index in [0.717, 1.165) is 23.4 Å². The van der Waals surface area contributed by atoms with Gasteiger partial charge < -0.3 is 4.74 Å². The van der Waals surface area contributed by atoms with E-state index >= 15 is 0 Å². The zero-order valence-electron chi connectivity index (χ0n) is 10.5. The highest BCUT2D eigenvalue weighted by atomic mass is 32.2. The van der Waals surface area contributed by atoms with Gasteiger partial charge >= 0.3 is 0 Å². The molecule has 0 spiro atoms. The molecule has 0 bridgehead atoms. The number of methoxy groups -OCH3 is 1. The van der Waals surface area contributed by atoms with Crippen molar-refractivity contribution < 1.29 is 4.74 Å². The number of aromatic nitrogens is 3. The smallest absolute Gasteiger partial charge is 0.160 e. The van der Waals surface area contributed by atoms with Gasteiger partial charge in [0.05, 0.1) is 12.0 Å². The molecule has 5 heteroatoms. The van der Waals surface area contributed by atoms with Crippen LogP contribution in [0.25, 0.3) is 11.2 Å². The topological polar surface area (TPSA) is 39.9 Å². The molecular weight excluding hydrogens is 246 g/mol. The highest BCUT2D eigenvalue weighted by Crippen LogP contribution is 2.38. The number of hydrogen-bond donors (Lipinski definition) is 0. The van der Waals surface area contributed by atoms with E-state index in [1.807, 2.05) is 30.1 Å². The summed E-state index contributed by atoms with van der Waals surface area (Å²) < 4.78 is 7.49. The van der Waals surface area contributed by atoms with E-state index in [1.165, 1.54) is 18.6 Å². The second-order valence-corrected chi connectivity index (χ2v) is 5.74. The molecular formula is C13H17N3OS. The average molecular weight is 263 g/mol. The van der Waals surface area contributed by atoms with Crippen molar-refractivity contribution in [1.29, 1.82) is 0 Å². The first-order valence-corrected chi connectivity index (χ1v) is 7.37. The molecule has 0 N–H and O–H groups in total. The van der Waals surface area contributed by atoms with Gasteiger partial charge in [0.25, 0.3) is 0 Å². The summed E-state index contributed by atoms with van der Waals surface area (Å²) in [6, 6.07) is 3.98. The van der Waals surface area contributed by atoms with Gasteiger partial charge in [-0.15, -0.1) is 11.8 Å². The van der Waals surface area contributed by atoms with E-state index < -0.39 is 0 Å². The molecule has 0 saturated carbocycles. The summed E-state index contributed by atoms with van der Waals surface area (Å²) in [5, 5.41) is 0.497. The number of ether oxygens (including phenoxy) is 1. The van der Waals surface area contributed by atoms with Crippen LogP contribution < -0.4 is 0 Å². The lowest BCUT2D eigenvalue weighted by Crippen LogP contribution is -2.09. The third-order valence-corrected chi connectivity index (χ3v) is 4.60. The van der Waals surface area contributed by atoms with Gasteiger partial charge in [0.15, 0.2) is 5.65 Å². The molecule has 0 aliphatic carbocycles. The van der Waals surface area contributed by atoms with E-state index in [0.29, 0.717) is 12.0 Å². The predicted octanol–water partition coefficient (Wildman–Crippen LogP) is 2.65. The zero-order chi connectivity index (χ0) is 12.4. The van der Waals surface area contributed by atoms with Crippen molar-refractivity contribution in [3.8, 4) is 0 Å². The van der Waals surface area contributed by atoms with E-state index in [9.17, 15) is 0 Å². The van der Waals surface area contributed by atoms with Crippen LogP contribution >= 0.6 is 11.8 Å². The minimum absolute atomic E-state index is 0.497. The molecule has 1 aliphatic rings. The maximum absolute atomic E-state index is 5.18.